The molecule has 0 N–H and O–H groups in total. The van der Waals surface area contributed by atoms with Crippen LogP contribution in [0.1, 0.15) is 11.3 Å². The van der Waals surface area contributed by atoms with E-state index in [1.54, 1.807) is 0 Å². The second kappa shape index (κ2) is 9.45. The summed E-state index contributed by atoms with van der Waals surface area (Å²) in [6.07, 6.45) is 2.08. The largest absolute Gasteiger partial charge is 0.313 e. The summed E-state index contributed by atoms with van der Waals surface area (Å²) < 4.78 is 6.45. The van der Waals surface area contributed by atoms with Crippen molar-refractivity contribution in [2.24, 2.45) is 0 Å². The topological polar surface area (TPSA) is 9.86 Å². The Kier molecular flexibility index (Phi) is 5.13. The van der Waals surface area contributed by atoms with E-state index in [0.29, 0.717) is 0 Å². The summed E-state index contributed by atoms with van der Waals surface area (Å²) in [6, 6.07) is 53.9. The Morgan fingerprint density at radius 2 is 1.13 bits per heavy atom. The summed E-state index contributed by atoms with van der Waals surface area (Å²) >= 11 is 1.96. The lowest BCUT2D eigenvalue weighted by atomic mass is 9.92. The third kappa shape index (κ3) is 3.44. The molecule has 0 saturated carbocycles. The van der Waals surface area contributed by atoms with Crippen molar-refractivity contribution in [3.63, 3.8) is 0 Å². The maximum Gasteiger partial charge on any atom is 0.0562 e. The molecule has 10 aromatic rings. The Bertz CT molecular complexity index is 2900. The van der Waals surface area contributed by atoms with Gasteiger partial charge in [-0.15, -0.1) is 11.3 Å². The summed E-state index contributed by atoms with van der Waals surface area (Å²) in [4.78, 5) is 1.44. The van der Waals surface area contributed by atoms with Crippen LogP contribution in [0.25, 0.3) is 86.2 Å². The van der Waals surface area contributed by atoms with E-state index in [-0.39, 0.29) is 0 Å². The molecule has 3 aromatic heterocycles. The van der Waals surface area contributed by atoms with Gasteiger partial charge in [0.25, 0.3) is 0 Å². The first-order valence-electron chi connectivity index (χ1n) is 16.4. The normalized spacial score (nSPS) is 12.9. The molecule has 3 heterocycles. The quantitative estimate of drug-likeness (QED) is 0.171. The Labute approximate surface area is 275 Å². The van der Waals surface area contributed by atoms with Gasteiger partial charge in [-0.05, 0) is 82.4 Å². The van der Waals surface area contributed by atoms with Gasteiger partial charge in [-0.1, -0.05) is 103 Å². The first-order chi connectivity index (χ1) is 23.3. The van der Waals surface area contributed by atoms with Gasteiger partial charge in [-0.3, -0.25) is 0 Å². The van der Waals surface area contributed by atoms with Gasteiger partial charge in [0.15, 0.2) is 0 Å². The number of para-hydroxylation sites is 2. The average Bonchev–Trinajstić information content (AvgIpc) is 3.78. The van der Waals surface area contributed by atoms with Crippen molar-refractivity contribution in [1.82, 2.24) is 9.13 Å². The zero-order chi connectivity index (χ0) is 30.6. The van der Waals surface area contributed by atoms with Gasteiger partial charge in [-0.25, -0.2) is 0 Å². The average molecular weight is 617 g/mol. The molecule has 0 aliphatic heterocycles. The van der Waals surface area contributed by atoms with Gasteiger partial charge in [0.05, 0.1) is 22.2 Å². The highest BCUT2D eigenvalue weighted by molar-refractivity contribution is 7.22. The third-order valence-electron chi connectivity index (χ3n) is 10.4. The summed E-state index contributed by atoms with van der Waals surface area (Å²) in [5.41, 5.74) is 10.5. The molecular weight excluding hydrogens is 589 g/mol. The van der Waals surface area contributed by atoms with Crippen LogP contribution in [-0.2, 0) is 12.8 Å². The van der Waals surface area contributed by atoms with Crippen molar-refractivity contribution < 1.29 is 0 Å². The van der Waals surface area contributed by atoms with E-state index in [1.165, 1.54) is 97.4 Å². The lowest BCUT2D eigenvalue weighted by molar-refractivity contribution is 0.874. The molecule has 1 aliphatic carbocycles. The zero-order valence-electron chi connectivity index (χ0n) is 25.6. The molecule has 47 heavy (non-hydrogen) atoms. The van der Waals surface area contributed by atoms with E-state index in [2.05, 4.69) is 155 Å². The fourth-order valence-corrected chi connectivity index (χ4v) is 9.77. The highest BCUT2D eigenvalue weighted by Crippen LogP contribution is 2.50. The van der Waals surface area contributed by atoms with Crippen LogP contribution in [0.15, 0.2) is 146 Å². The smallest absolute Gasteiger partial charge is 0.0562 e. The molecule has 3 heteroatoms. The van der Waals surface area contributed by atoms with Crippen molar-refractivity contribution in [3.05, 3.63) is 157 Å². The number of hydrogen-bond acceptors (Lipinski definition) is 1. The first kappa shape index (κ1) is 25.5. The van der Waals surface area contributed by atoms with Crippen LogP contribution < -0.4 is 0 Å². The number of thiophene rings is 1. The second-order valence-electron chi connectivity index (χ2n) is 12.8. The number of fused-ring (bicyclic) bond motifs is 13. The van der Waals surface area contributed by atoms with Crippen LogP contribution in [-0.4, -0.2) is 9.13 Å². The fraction of sp³-hybridized carbons (Fsp3) is 0.0455. The van der Waals surface area contributed by atoms with Gasteiger partial charge in [-0.2, -0.15) is 0 Å². The zero-order valence-corrected chi connectivity index (χ0v) is 26.4. The van der Waals surface area contributed by atoms with E-state index in [9.17, 15) is 0 Å². The van der Waals surface area contributed by atoms with E-state index in [4.69, 9.17) is 0 Å². The van der Waals surface area contributed by atoms with Crippen LogP contribution in [0.5, 0.6) is 0 Å². The Balaban J connectivity index is 1.32. The molecule has 0 fully saturated rings. The van der Waals surface area contributed by atoms with Crippen LogP contribution in [0.3, 0.4) is 0 Å². The molecule has 0 bridgehead atoms. The molecule has 0 atom stereocenters. The Morgan fingerprint density at radius 3 is 2.00 bits per heavy atom. The van der Waals surface area contributed by atoms with Crippen LogP contribution >= 0.6 is 11.3 Å². The molecule has 0 amide bonds. The molecule has 7 aromatic carbocycles. The number of aryl methyl sites for hydroxylation is 1. The maximum atomic E-state index is 2.55. The van der Waals surface area contributed by atoms with Crippen molar-refractivity contribution in [1.29, 1.82) is 0 Å². The molecular formula is C44H28N2S. The van der Waals surface area contributed by atoms with E-state index < -0.39 is 0 Å². The van der Waals surface area contributed by atoms with E-state index in [0.717, 1.165) is 12.8 Å². The molecule has 11 rings (SSSR count). The number of hydrogen-bond donors (Lipinski definition) is 0. The third-order valence-corrected chi connectivity index (χ3v) is 11.6. The van der Waals surface area contributed by atoms with Crippen LogP contribution in [0, 0.1) is 0 Å². The van der Waals surface area contributed by atoms with Crippen molar-refractivity contribution >= 4 is 75.7 Å². The molecule has 2 nitrogen and oxygen atoms in total. The fourth-order valence-electron chi connectivity index (χ4n) is 8.44. The van der Waals surface area contributed by atoms with Gasteiger partial charge >= 0.3 is 0 Å². The second-order valence-corrected chi connectivity index (χ2v) is 13.9. The van der Waals surface area contributed by atoms with Crippen molar-refractivity contribution in [3.8, 4) is 21.8 Å². The van der Waals surface area contributed by atoms with Crippen LogP contribution in [0.4, 0.5) is 0 Å². The SMILES string of the molecule is c1ccc(-n2c3c(c4cc5c6ccccc6n(-c6cc7ccccc7c7ccccc67)c5cc42)-c2sc4ccccc4c2CC3)cc1. The summed E-state index contributed by atoms with van der Waals surface area (Å²) in [7, 11) is 0. The lowest BCUT2D eigenvalue weighted by Gasteiger charge is -2.17. The van der Waals surface area contributed by atoms with Crippen molar-refractivity contribution in [2.75, 3.05) is 0 Å². The number of aromatic nitrogens is 2. The first-order valence-corrected chi connectivity index (χ1v) is 17.2. The predicted molar refractivity (Wildman–Crippen MR) is 201 cm³/mol. The van der Waals surface area contributed by atoms with Gasteiger partial charge in [0.2, 0.25) is 0 Å². The number of rotatable bonds is 2. The molecule has 220 valence electrons. The summed E-state index contributed by atoms with van der Waals surface area (Å²) in [6.45, 7) is 0. The van der Waals surface area contributed by atoms with E-state index >= 15 is 0 Å². The molecule has 0 radical (unpaired) electrons. The highest BCUT2D eigenvalue weighted by atomic mass is 32.1. The van der Waals surface area contributed by atoms with E-state index in [1.807, 2.05) is 11.3 Å². The molecule has 0 saturated heterocycles. The Hall–Kier alpha value is -5.64. The summed E-state index contributed by atoms with van der Waals surface area (Å²) in [5.74, 6) is 0. The highest BCUT2D eigenvalue weighted by Gasteiger charge is 2.29. The predicted octanol–water partition coefficient (Wildman–Crippen LogP) is 12.0. The number of benzene rings is 7. The van der Waals surface area contributed by atoms with Gasteiger partial charge < -0.3 is 9.13 Å². The molecule has 0 unspecified atom stereocenters. The maximum absolute atomic E-state index is 2.55. The van der Waals surface area contributed by atoms with Gasteiger partial charge in [0, 0.05) is 48.1 Å². The standard InChI is InChI=1S/C44H28N2S/c1-2-13-28(14-3-1)45-38-23-22-34-33-19-9-11-21-42(33)47-44(34)43(38)36-25-35-32-18-8-10-20-37(32)46(40(35)26-41(36)45)39-24-27-12-4-5-15-29(27)30-16-6-7-17-31(30)39/h1-21,24-26H,22-23H2. The van der Waals surface area contributed by atoms with Crippen molar-refractivity contribution in [2.45, 2.75) is 12.8 Å². The van der Waals surface area contributed by atoms with Gasteiger partial charge in [0.1, 0.15) is 0 Å². The minimum Gasteiger partial charge on any atom is -0.313 e. The number of nitrogens with zero attached hydrogens (tertiary/aromatic N) is 2. The Morgan fingerprint density at radius 1 is 0.447 bits per heavy atom. The molecule has 1 aliphatic rings. The molecule has 0 spiro atoms. The summed E-state index contributed by atoms with van der Waals surface area (Å²) in [5, 5.41) is 10.4. The minimum absolute atomic E-state index is 1.02. The monoisotopic (exact) mass is 616 g/mol. The van der Waals surface area contributed by atoms with Crippen LogP contribution in [0.2, 0.25) is 0 Å². The lowest BCUT2D eigenvalue weighted by Crippen LogP contribution is -2.06. The minimum atomic E-state index is 1.02.